The minimum atomic E-state index is 0.504. The van der Waals surface area contributed by atoms with E-state index in [1.165, 1.54) is 5.56 Å². The summed E-state index contributed by atoms with van der Waals surface area (Å²) in [7, 11) is 0. The Kier molecular flexibility index (Phi) is 3.92. The van der Waals surface area contributed by atoms with E-state index >= 15 is 0 Å². The summed E-state index contributed by atoms with van der Waals surface area (Å²) in [5, 5.41) is 0. The first kappa shape index (κ1) is 13.3. The first-order valence-electron chi connectivity index (χ1n) is 6.96. The number of rotatable bonds is 5. The smallest absolute Gasteiger partial charge is 0.170 e. The van der Waals surface area contributed by atoms with E-state index < -0.39 is 0 Å². The molecule has 1 aromatic heterocycles. The van der Waals surface area contributed by atoms with Crippen LogP contribution >= 0.6 is 0 Å². The highest BCUT2D eigenvalue weighted by atomic mass is 16.1. The van der Waals surface area contributed by atoms with E-state index in [9.17, 15) is 4.79 Å². The number of H-pyrrole nitrogens is 1. The van der Waals surface area contributed by atoms with E-state index in [1.54, 1.807) is 0 Å². The lowest BCUT2D eigenvalue weighted by molar-refractivity contribution is 0.111. The van der Waals surface area contributed by atoms with E-state index in [2.05, 4.69) is 22.1 Å². The van der Waals surface area contributed by atoms with Crippen LogP contribution in [0.3, 0.4) is 0 Å². The lowest BCUT2D eigenvalue weighted by Gasteiger charge is -1.99. The Bertz CT molecular complexity index is 717. The first-order chi connectivity index (χ1) is 10.3. The molecular formula is C18H16N2O. The highest BCUT2D eigenvalue weighted by molar-refractivity contribution is 5.74. The molecular weight excluding hydrogens is 260 g/mol. The van der Waals surface area contributed by atoms with Gasteiger partial charge in [0.1, 0.15) is 11.5 Å². The normalized spacial score (nSPS) is 10.5. The molecule has 0 radical (unpaired) electrons. The van der Waals surface area contributed by atoms with Crippen molar-refractivity contribution in [2.75, 3.05) is 0 Å². The summed E-state index contributed by atoms with van der Waals surface area (Å²) in [6, 6.07) is 20.2. The van der Waals surface area contributed by atoms with E-state index in [4.69, 9.17) is 0 Å². The monoisotopic (exact) mass is 276 g/mol. The van der Waals surface area contributed by atoms with Crippen LogP contribution in [0.25, 0.3) is 0 Å². The van der Waals surface area contributed by atoms with Crippen molar-refractivity contribution >= 4 is 6.29 Å². The van der Waals surface area contributed by atoms with Gasteiger partial charge in [0.2, 0.25) is 0 Å². The second kappa shape index (κ2) is 6.18. The Labute approximate surface area is 123 Å². The Balaban J connectivity index is 1.83. The van der Waals surface area contributed by atoms with Crippen LogP contribution in [-0.4, -0.2) is 16.3 Å². The number of nitrogens with one attached hydrogen (secondary N) is 1. The predicted octanol–water partition coefficient (Wildman–Crippen LogP) is 3.40. The molecule has 3 rings (SSSR count). The maximum atomic E-state index is 11.2. The van der Waals surface area contributed by atoms with Gasteiger partial charge in [-0.1, -0.05) is 60.7 Å². The molecule has 3 heteroatoms. The molecule has 0 saturated heterocycles. The Hall–Kier alpha value is -2.68. The van der Waals surface area contributed by atoms with E-state index in [0.717, 1.165) is 23.4 Å². The molecule has 3 nitrogen and oxygen atoms in total. The third kappa shape index (κ3) is 3.26. The fourth-order valence-corrected chi connectivity index (χ4v) is 2.38. The van der Waals surface area contributed by atoms with Crippen LogP contribution in [0.2, 0.25) is 0 Å². The van der Waals surface area contributed by atoms with Crippen LogP contribution < -0.4 is 0 Å². The number of nitrogens with zero attached hydrogens (tertiary/aromatic N) is 1. The van der Waals surface area contributed by atoms with Gasteiger partial charge in [-0.25, -0.2) is 4.98 Å². The van der Waals surface area contributed by atoms with Crippen molar-refractivity contribution in [3.05, 3.63) is 89.0 Å². The second-order valence-electron chi connectivity index (χ2n) is 4.99. The van der Waals surface area contributed by atoms with Gasteiger partial charge >= 0.3 is 0 Å². The number of hydrogen-bond donors (Lipinski definition) is 1. The van der Waals surface area contributed by atoms with E-state index in [1.807, 2.05) is 48.5 Å². The molecule has 3 aromatic rings. The summed E-state index contributed by atoms with van der Waals surface area (Å²) < 4.78 is 0. The van der Waals surface area contributed by atoms with Crippen LogP contribution in [-0.2, 0) is 12.8 Å². The second-order valence-corrected chi connectivity index (χ2v) is 4.99. The SMILES string of the molecule is O=Cc1nc(Cc2ccccc2)[nH]c1Cc1ccccc1. The number of aldehydes is 1. The van der Waals surface area contributed by atoms with Gasteiger partial charge in [0.25, 0.3) is 0 Å². The zero-order chi connectivity index (χ0) is 14.5. The van der Waals surface area contributed by atoms with Gasteiger partial charge in [0.05, 0.1) is 0 Å². The van der Waals surface area contributed by atoms with Crippen molar-refractivity contribution in [1.82, 2.24) is 9.97 Å². The van der Waals surface area contributed by atoms with Gasteiger partial charge in [0, 0.05) is 18.5 Å². The molecule has 1 heterocycles. The van der Waals surface area contributed by atoms with Gasteiger partial charge in [-0.15, -0.1) is 0 Å². The molecule has 0 atom stereocenters. The quantitative estimate of drug-likeness (QED) is 0.726. The van der Waals surface area contributed by atoms with Gasteiger partial charge in [-0.05, 0) is 11.1 Å². The largest absolute Gasteiger partial charge is 0.345 e. The summed E-state index contributed by atoms with van der Waals surface area (Å²) in [6.07, 6.45) is 2.22. The van der Waals surface area contributed by atoms with Crippen molar-refractivity contribution in [3.63, 3.8) is 0 Å². The molecule has 0 saturated carbocycles. The molecule has 104 valence electrons. The molecule has 0 fully saturated rings. The molecule has 0 aliphatic carbocycles. The topological polar surface area (TPSA) is 45.8 Å². The average Bonchev–Trinajstić information content (AvgIpc) is 2.91. The number of benzene rings is 2. The highest BCUT2D eigenvalue weighted by Gasteiger charge is 2.10. The Morgan fingerprint density at radius 1 is 0.857 bits per heavy atom. The molecule has 1 N–H and O–H groups in total. The third-order valence-electron chi connectivity index (χ3n) is 3.41. The number of aromatic nitrogens is 2. The minimum Gasteiger partial charge on any atom is -0.345 e. The predicted molar refractivity (Wildman–Crippen MR) is 82.5 cm³/mol. The summed E-state index contributed by atoms with van der Waals surface area (Å²) in [5.74, 6) is 0.828. The molecule has 0 aliphatic heterocycles. The number of carbonyl (C=O) groups is 1. The molecule has 0 bridgehead atoms. The van der Waals surface area contributed by atoms with Gasteiger partial charge in [0.15, 0.2) is 6.29 Å². The Morgan fingerprint density at radius 2 is 1.43 bits per heavy atom. The van der Waals surface area contributed by atoms with Gasteiger partial charge < -0.3 is 4.98 Å². The lowest BCUT2D eigenvalue weighted by atomic mass is 10.1. The van der Waals surface area contributed by atoms with Gasteiger partial charge in [-0.2, -0.15) is 0 Å². The fourth-order valence-electron chi connectivity index (χ4n) is 2.38. The molecule has 0 aliphatic rings. The molecule has 0 amide bonds. The summed E-state index contributed by atoms with van der Waals surface area (Å²) >= 11 is 0. The summed E-state index contributed by atoms with van der Waals surface area (Å²) in [4.78, 5) is 18.9. The van der Waals surface area contributed by atoms with Crippen molar-refractivity contribution in [2.45, 2.75) is 12.8 Å². The van der Waals surface area contributed by atoms with Crippen molar-refractivity contribution in [1.29, 1.82) is 0 Å². The number of hydrogen-bond acceptors (Lipinski definition) is 2. The maximum absolute atomic E-state index is 11.2. The van der Waals surface area contributed by atoms with Crippen molar-refractivity contribution in [3.8, 4) is 0 Å². The van der Waals surface area contributed by atoms with Crippen LogP contribution in [0.15, 0.2) is 60.7 Å². The maximum Gasteiger partial charge on any atom is 0.170 e. The first-order valence-corrected chi connectivity index (χ1v) is 6.96. The highest BCUT2D eigenvalue weighted by Crippen LogP contribution is 2.13. The van der Waals surface area contributed by atoms with Crippen molar-refractivity contribution < 1.29 is 4.79 Å². The Morgan fingerprint density at radius 3 is 2.00 bits per heavy atom. The summed E-state index contributed by atoms with van der Waals surface area (Å²) in [6.45, 7) is 0. The summed E-state index contributed by atoms with van der Waals surface area (Å²) in [5.41, 5.74) is 3.72. The minimum absolute atomic E-state index is 0.504. The zero-order valence-electron chi connectivity index (χ0n) is 11.6. The molecule has 21 heavy (non-hydrogen) atoms. The van der Waals surface area contributed by atoms with Crippen LogP contribution in [0.1, 0.15) is 33.1 Å². The number of aromatic amines is 1. The van der Waals surface area contributed by atoms with Gasteiger partial charge in [-0.3, -0.25) is 4.79 Å². The zero-order valence-corrected chi connectivity index (χ0v) is 11.6. The third-order valence-corrected chi connectivity index (χ3v) is 3.41. The average molecular weight is 276 g/mol. The number of carbonyl (C=O) groups excluding carboxylic acids is 1. The van der Waals surface area contributed by atoms with Crippen LogP contribution in [0.4, 0.5) is 0 Å². The molecule has 0 spiro atoms. The number of imidazole rings is 1. The van der Waals surface area contributed by atoms with E-state index in [-0.39, 0.29) is 0 Å². The van der Waals surface area contributed by atoms with E-state index in [0.29, 0.717) is 18.5 Å². The standard InChI is InChI=1S/C18H16N2O/c21-13-17-16(11-14-7-3-1-4-8-14)19-18(20-17)12-15-9-5-2-6-10-15/h1-10,13H,11-12H2,(H,19,20). The molecule has 2 aromatic carbocycles. The molecule has 0 unspecified atom stereocenters. The van der Waals surface area contributed by atoms with Crippen molar-refractivity contribution in [2.24, 2.45) is 0 Å². The lowest BCUT2D eigenvalue weighted by Crippen LogP contribution is -1.93. The van der Waals surface area contributed by atoms with Crippen LogP contribution in [0, 0.1) is 0 Å². The fraction of sp³-hybridized carbons (Fsp3) is 0.111. The van der Waals surface area contributed by atoms with Crippen LogP contribution in [0.5, 0.6) is 0 Å².